The van der Waals surface area contributed by atoms with Crippen molar-refractivity contribution in [1.29, 1.82) is 0 Å². The number of alkyl halides is 2. The Morgan fingerprint density at radius 2 is 2.09 bits per heavy atom. The molecule has 0 aliphatic carbocycles. The van der Waals surface area contributed by atoms with Gasteiger partial charge in [0, 0.05) is 11.4 Å². The fourth-order valence-electron chi connectivity index (χ4n) is 2.33. The number of hydrogen-bond acceptors (Lipinski definition) is 5. The minimum atomic E-state index is -3.97. The molecule has 2 N–H and O–H groups in total. The van der Waals surface area contributed by atoms with Crippen LogP contribution in [0.4, 0.5) is 13.6 Å². The number of ether oxygens (including phenoxy) is 1. The van der Waals surface area contributed by atoms with Gasteiger partial charge < -0.3 is 4.74 Å². The number of hydrogen-bond donors (Lipinski definition) is 1. The Hall–Kier alpha value is -1.26. The summed E-state index contributed by atoms with van der Waals surface area (Å²) in [6, 6.07) is -0.414. The van der Waals surface area contributed by atoms with Gasteiger partial charge in [-0.3, -0.25) is 4.90 Å². The first-order valence-corrected chi connectivity index (χ1v) is 9.19. The van der Waals surface area contributed by atoms with Gasteiger partial charge in [0.25, 0.3) is 6.43 Å². The number of rotatable bonds is 2. The summed E-state index contributed by atoms with van der Waals surface area (Å²) in [4.78, 5) is 13.6. The highest BCUT2D eigenvalue weighted by Crippen LogP contribution is 2.40. The van der Waals surface area contributed by atoms with Crippen LogP contribution < -0.4 is 5.14 Å². The van der Waals surface area contributed by atoms with Crippen molar-refractivity contribution in [3.63, 3.8) is 0 Å². The molecule has 1 aromatic rings. The zero-order chi connectivity index (χ0) is 17.6. The Morgan fingerprint density at radius 3 is 2.57 bits per heavy atom. The molecule has 10 heteroatoms. The van der Waals surface area contributed by atoms with E-state index in [1.54, 1.807) is 20.8 Å². The van der Waals surface area contributed by atoms with E-state index in [2.05, 4.69) is 0 Å². The number of amides is 1. The normalized spacial score (nSPS) is 18.9. The van der Waals surface area contributed by atoms with Crippen LogP contribution in [0.15, 0.2) is 10.3 Å². The van der Waals surface area contributed by atoms with E-state index >= 15 is 0 Å². The third kappa shape index (κ3) is 3.99. The molecule has 130 valence electrons. The van der Waals surface area contributed by atoms with Crippen LogP contribution in [0.3, 0.4) is 0 Å². The zero-order valence-electron chi connectivity index (χ0n) is 12.9. The number of nitrogens with two attached hydrogens (primary N) is 1. The van der Waals surface area contributed by atoms with Gasteiger partial charge in [-0.05, 0) is 38.8 Å². The predicted octanol–water partition coefficient (Wildman–Crippen LogP) is 2.49. The Balaban J connectivity index is 2.40. The third-order valence-corrected chi connectivity index (χ3v) is 5.83. The highest BCUT2D eigenvalue weighted by molar-refractivity contribution is 7.91. The van der Waals surface area contributed by atoms with E-state index in [-0.39, 0.29) is 22.7 Å². The predicted molar refractivity (Wildman–Crippen MR) is 81.1 cm³/mol. The van der Waals surface area contributed by atoms with Crippen LogP contribution >= 0.6 is 11.3 Å². The van der Waals surface area contributed by atoms with Crippen LogP contribution in [-0.2, 0) is 21.2 Å². The molecule has 0 spiro atoms. The number of carbonyl (C=O) groups is 1. The molecule has 6 nitrogen and oxygen atoms in total. The van der Waals surface area contributed by atoms with E-state index in [4.69, 9.17) is 9.88 Å². The fourth-order valence-corrected chi connectivity index (χ4v) is 4.31. The highest BCUT2D eigenvalue weighted by Gasteiger charge is 2.40. The number of primary sulfonamides is 1. The number of carbonyl (C=O) groups excluding carboxylic acids is 1. The lowest BCUT2D eigenvalue weighted by Gasteiger charge is -2.36. The molecule has 0 unspecified atom stereocenters. The molecule has 0 bridgehead atoms. The fraction of sp³-hybridized carbons (Fsp3) is 0.615. The second-order valence-electron chi connectivity index (χ2n) is 6.19. The molecule has 1 aromatic heterocycles. The number of nitrogens with zero attached hydrogens (tertiary/aromatic N) is 1. The second-order valence-corrected chi connectivity index (χ2v) is 9.12. The smallest absolute Gasteiger partial charge is 0.411 e. The van der Waals surface area contributed by atoms with Crippen molar-refractivity contribution in [2.24, 2.45) is 5.14 Å². The molecule has 1 atom stereocenters. The molecule has 0 fully saturated rings. The molecule has 0 saturated heterocycles. The number of thiophene rings is 1. The van der Waals surface area contributed by atoms with Gasteiger partial charge in [-0.15, -0.1) is 11.3 Å². The van der Waals surface area contributed by atoms with E-state index in [1.165, 1.54) is 0 Å². The first-order chi connectivity index (χ1) is 10.4. The summed E-state index contributed by atoms with van der Waals surface area (Å²) in [5.74, 6) is 0. The van der Waals surface area contributed by atoms with Crippen LogP contribution in [0, 0.1) is 0 Å². The quantitative estimate of drug-likeness (QED) is 0.868. The molecule has 1 aliphatic rings. The van der Waals surface area contributed by atoms with Crippen LogP contribution in [-0.4, -0.2) is 38.0 Å². The summed E-state index contributed by atoms with van der Waals surface area (Å²) in [5, 5.41) is 5.06. The van der Waals surface area contributed by atoms with Crippen LogP contribution in [0.2, 0.25) is 0 Å². The Kier molecular flexibility index (Phi) is 4.71. The maximum Gasteiger partial charge on any atom is 0.411 e. The van der Waals surface area contributed by atoms with Gasteiger partial charge in [0.15, 0.2) is 0 Å². The Bertz CT molecular complexity index is 710. The zero-order valence-corrected chi connectivity index (χ0v) is 14.5. The highest BCUT2D eigenvalue weighted by atomic mass is 32.2. The van der Waals surface area contributed by atoms with E-state index in [9.17, 15) is 22.0 Å². The van der Waals surface area contributed by atoms with Gasteiger partial charge in [-0.25, -0.2) is 27.1 Å². The monoisotopic (exact) mass is 368 g/mol. The Morgan fingerprint density at radius 1 is 1.48 bits per heavy atom. The average Bonchev–Trinajstić information content (AvgIpc) is 2.78. The van der Waals surface area contributed by atoms with E-state index < -0.39 is 34.2 Å². The van der Waals surface area contributed by atoms with E-state index in [1.807, 2.05) is 0 Å². The lowest BCUT2D eigenvalue weighted by atomic mass is 10.0. The maximum absolute atomic E-state index is 13.5. The topological polar surface area (TPSA) is 89.7 Å². The van der Waals surface area contributed by atoms with Crippen molar-refractivity contribution in [3.8, 4) is 0 Å². The number of halogens is 2. The summed E-state index contributed by atoms with van der Waals surface area (Å²) in [6.45, 7) is 4.95. The van der Waals surface area contributed by atoms with Gasteiger partial charge in [0.05, 0.1) is 0 Å². The van der Waals surface area contributed by atoms with Crippen LogP contribution in [0.5, 0.6) is 0 Å². The first kappa shape index (κ1) is 18.1. The summed E-state index contributed by atoms with van der Waals surface area (Å²) < 4.78 is 54.9. The van der Waals surface area contributed by atoms with Crippen LogP contribution in [0.25, 0.3) is 0 Å². The molecule has 2 rings (SSSR count). The van der Waals surface area contributed by atoms with E-state index in [0.29, 0.717) is 4.88 Å². The molecular formula is C13H18F2N2O4S2. The van der Waals surface area contributed by atoms with Crippen molar-refractivity contribution in [2.75, 3.05) is 6.54 Å². The Labute approximate surface area is 137 Å². The molecule has 2 heterocycles. The van der Waals surface area contributed by atoms with Gasteiger partial charge in [0.1, 0.15) is 15.9 Å². The number of sulfonamides is 1. The van der Waals surface area contributed by atoms with Gasteiger partial charge in [-0.2, -0.15) is 0 Å². The SMILES string of the molecule is CC(C)(C)OC(=O)N1CCc2sc(S(N)(=O)=O)cc2[C@@H]1C(F)F. The molecule has 0 aromatic carbocycles. The lowest BCUT2D eigenvalue weighted by molar-refractivity contribution is -0.0185. The van der Waals surface area contributed by atoms with Crippen molar-refractivity contribution in [2.45, 2.75) is 49.5 Å². The molecule has 23 heavy (non-hydrogen) atoms. The van der Waals surface area contributed by atoms with E-state index in [0.717, 1.165) is 22.3 Å². The summed E-state index contributed by atoms with van der Waals surface area (Å²) in [7, 11) is -3.97. The summed E-state index contributed by atoms with van der Waals surface area (Å²) in [6.07, 6.45) is -3.45. The van der Waals surface area contributed by atoms with Crippen molar-refractivity contribution < 1.29 is 26.7 Å². The van der Waals surface area contributed by atoms with Gasteiger partial charge >= 0.3 is 6.09 Å². The number of fused-ring (bicyclic) bond motifs is 1. The first-order valence-electron chi connectivity index (χ1n) is 6.83. The van der Waals surface area contributed by atoms with Crippen LogP contribution in [0.1, 0.15) is 37.3 Å². The molecule has 1 amide bonds. The van der Waals surface area contributed by atoms with Gasteiger partial charge in [-0.1, -0.05) is 0 Å². The largest absolute Gasteiger partial charge is 0.444 e. The molecule has 1 aliphatic heterocycles. The average molecular weight is 368 g/mol. The minimum Gasteiger partial charge on any atom is -0.444 e. The maximum atomic E-state index is 13.5. The minimum absolute atomic E-state index is 0.0293. The van der Waals surface area contributed by atoms with Crippen molar-refractivity contribution in [1.82, 2.24) is 4.90 Å². The summed E-state index contributed by atoms with van der Waals surface area (Å²) in [5.41, 5.74) is -0.698. The lowest BCUT2D eigenvalue weighted by Crippen LogP contribution is -2.45. The second kappa shape index (κ2) is 5.99. The molecule has 0 radical (unpaired) electrons. The third-order valence-electron chi connectivity index (χ3n) is 3.20. The van der Waals surface area contributed by atoms with Crippen molar-refractivity contribution >= 4 is 27.5 Å². The van der Waals surface area contributed by atoms with Crippen molar-refractivity contribution in [3.05, 3.63) is 16.5 Å². The summed E-state index contributed by atoms with van der Waals surface area (Å²) >= 11 is 0.865. The standard InChI is InChI=1S/C13H18F2N2O4S2/c1-13(2,3)21-12(18)17-5-4-8-7(10(17)11(14)15)6-9(22-8)23(16,19)20/h6,10-11H,4-5H2,1-3H3,(H2,16,19,20)/t10-/m1/s1. The molecule has 0 saturated carbocycles. The molecular weight excluding hydrogens is 350 g/mol. The van der Waals surface area contributed by atoms with Gasteiger partial charge in [0.2, 0.25) is 10.0 Å².